The largest absolute Gasteiger partial charge is 0.394 e. The topological polar surface area (TPSA) is 244 Å². The number of carbonyl (C=O) groups is 2. The van der Waals surface area contributed by atoms with E-state index in [1.807, 2.05) is 13.8 Å². The molecule has 0 radical (unpaired) electrons. The molecule has 17 atom stereocenters. The zero-order valence-corrected chi connectivity index (χ0v) is 25.5. The van der Waals surface area contributed by atoms with E-state index in [0.717, 1.165) is 0 Å². The molecular weight excluding hydrogens is 572 g/mol. The van der Waals surface area contributed by atoms with E-state index in [2.05, 4.69) is 0 Å². The third-order valence-corrected chi connectivity index (χ3v) is 9.22. The maximum absolute atomic E-state index is 13.9. The van der Waals surface area contributed by atoms with Crippen LogP contribution >= 0.6 is 0 Å². The minimum atomic E-state index is -1.75. The van der Waals surface area contributed by atoms with Crippen molar-refractivity contribution in [2.75, 3.05) is 6.61 Å². The van der Waals surface area contributed by atoms with Gasteiger partial charge in [0, 0.05) is 12.8 Å². The standard InChI is InChI=1S/C29H52O14/c1-6-12(3)16(32)8-17(33)15(10-30)23(36)21(28-26(39)24(37)20(11-31)42-28)18(34)9-19(13(4)7-2)43-29-27(40)25(38)22(35)14(5)41-29/h10,12-22,24-29,31-35,37-40H,6-9,11H2,1-5H3/t12?,13?,14-,15?,16?,17?,18?,19?,20-,21?,22-,24-,25+,26+,27+,28-,29-/m0/s1. The summed E-state index contributed by atoms with van der Waals surface area (Å²) in [6, 6.07) is 0. The van der Waals surface area contributed by atoms with Crippen molar-refractivity contribution in [2.45, 2.75) is 140 Å². The molecule has 2 aliphatic rings. The average Bonchev–Trinajstić information content (AvgIpc) is 3.26. The van der Waals surface area contributed by atoms with Gasteiger partial charge in [-0.15, -0.1) is 0 Å². The van der Waals surface area contributed by atoms with E-state index in [4.69, 9.17) is 14.2 Å². The maximum atomic E-state index is 13.9. The van der Waals surface area contributed by atoms with Crippen molar-refractivity contribution in [3.63, 3.8) is 0 Å². The van der Waals surface area contributed by atoms with Gasteiger partial charge in [0.25, 0.3) is 0 Å². The molecule has 9 N–H and O–H groups in total. The Kier molecular flexibility index (Phi) is 15.0. The van der Waals surface area contributed by atoms with Gasteiger partial charge in [-0.3, -0.25) is 4.79 Å². The molecule has 0 bridgehead atoms. The van der Waals surface area contributed by atoms with Gasteiger partial charge < -0.3 is 65.0 Å². The Balaban J connectivity index is 2.40. The molecule has 0 amide bonds. The zero-order valence-electron chi connectivity index (χ0n) is 25.5. The summed E-state index contributed by atoms with van der Waals surface area (Å²) in [4.78, 5) is 26.0. The molecule has 252 valence electrons. The molecule has 0 aromatic heterocycles. The Morgan fingerprint density at radius 2 is 1.42 bits per heavy atom. The molecule has 0 saturated carbocycles. The van der Waals surface area contributed by atoms with Crippen LogP contribution in [0, 0.1) is 23.7 Å². The molecule has 0 aromatic rings. The van der Waals surface area contributed by atoms with E-state index in [-0.39, 0.29) is 31.0 Å². The monoisotopic (exact) mass is 624 g/mol. The van der Waals surface area contributed by atoms with E-state index in [9.17, 15) is 55.5 Å². The van der Waals surface area contributed by atoms with Gasteiger partial charge in [0.05, 0.1) is 55.1 Å². The van der Waals surface area contributed by atoms with Crippen LogP contribution in [0.3, 0.4) is 0 Å². The maximum Gasteiger partial charge on any atom is 0.186 e. The smallest absolute Gasteiger partial charge is 0.186 e. The molecule has 2 rings (SSSR count). The van der Waals surface area contributed by atoms with E-state index in [1.165, 1.54) is 6.92 Å². The minimum absolute atomic E-state index is 0.195. The highest BCUT2D eigenvalue weighted by molar-refractivity contribution is 5.96. The van der Waals surface area contributed by atoms with Crippen molar-refractivity contribution in [1.82, 2.24) is 0 Å². The van der Waals surface area contributed by atoms with Crippen molar-refractivity contribution >= 4 is 12.1 Å². The fourth-order valence-corrected chi connectivity index (χ4v) is 5.63. The molecule has 8 unspecified atom stereocenters. The Hall–Kier alpha value is -1.14. The number of ether oxygens (including phenoxy) is 3. The Morgan fingerprint density at radius 1 is 0.814 bits per heavy atom. The summed E-state index contributed by atoms with van der Waals surface area (Å²) in [7, 11) is 0. The molecular formula is C29H52O14. The van der Waals surface area contributed by atoms with Gasteiger partial charge in [-0.1, -0.05) is 40.5 Å². The van der Waals surface area contributed by atoms with Crippen molar-refractivity contribution < 1.29 is 69.8 Å². The normalized spacial score (nSPS) is 37.1. The highest BCUT2D eigenvalue weighted by Crippen LogP contribution is 2.35. The van der Waals surface area contributed by atoms with Gasteiger partial charge in [0.1, 0.15) is 42.9 Å². The van der Waals surface area contributed by atoms with Gasteiger partial charge in [0.2, 0.25) is 0 Å². The summed E-state index contributed by atoms with van der Waals surface area (Å²) in [5.74, 6) is -5.02. The van der Waals surface area contributed by atoms with Crippen molar-refractivity contribution in [2.24, 2.45) is 23.7 Å². The number of rotatable bonds is 17. The van der Waals surface area contributed by atoms with Crippen LogP contribution in [0.5, 0.6) is 0 Å². The summed E-state index contributed by atoms with van der Waals surface area (Å²) in [5.41, 5.74) is 0. The average molecular weight is 625 g/mol. The predicted molar refractivity (Wildman–Crippen MR) is 149 cm³/mol. The second kappa shape index (κ2) is 17.0. The molecule has 0 aromatic carbocycles. The van der Waals surface area contributed by atoms with E-state index in [1.54, 1.807) is 13.8 Å². The SMILES string of the molecule is CCC(C)C(O)CC(O)C(C=O)C(=O)C(C(O)CC(O[C@@H]1O[C@@H](C)[C@H](O)[C@@H](O)[C@H]1O)C(C)CC)[C@@H]1O[C@@H](CO)[C@H](O)[C@H]1O. The fraction of sp³-hybridized carbons (Fsp3) is 0.931. The lowest BCUT2D eigenvalue weighted by Crippen LogP contribution is -2.58. The molecule has 2 saturated heterocycles. The minimum Gasteiger partial charge on any atom is -0.394 e. The third-order valence-electron chi connectivity index (χ3n) is 9.22. The lowest BCUT2D eigenvalue weighted by Gasteiger charge is -2.42. The van der Waals surface area contributed by atoms with Crippen molar-refractivity contribution in [3.8, 4) is 0 Å². The summed E-state index contributed by atoms with van der Waals surface area (Å²) in [6.07, 6.45) is -17.9. The summed E-state index contributed by atoms with van der Waals surface area (Å²) >= 11 is 0. The molecule has 43 heavy (non-hydrogen) atoms. The Labute approximate surface area is 252 Å². The van der Waals surface area contributed by atoms with E-state index < -0.39 is 104 Å². The molecule has 2 aliphatic heterocycles. The van der Waals surface area contributed by atoms with Gasteiger partial charge in [0.15, 0.2) is 12.1 Å². The summed E-state index contributed by atoms with van der Waals surface area (Å²) in [5, 5.41) is 94.2. The van der Waals surface area contributed by atoms with Crippen LogP contribution < -0.4 is 0 Å². The predicted octanol–water partition coefficient (Wildman–Crippen LogP) is -2.36. The van der Waals surface area contributed by atoms with E-state index in [0.29, 0.717) is 12.8 Å². The summed E-state index contributed by atoms with van der Waals surface area (Å²) in [6.45, 7) is 7.91. The van der Waals surface area contributed by atoms with Crippen LogP contribution in [-0.2, 0) is 23.8 Å². The first-order valence-corrected chi connectivity index (χ1v) is 15.2. The second-order valence-corrected chi connectivity index (χ2v) is 12.2. The highest BCUT2D eigenvalue weighted by Gasteiger charge is 2.52. The molecule has 2 fully saturated rings. The van der Waals surface area contributed by atoms with Crippen molar-refractivity contribution in [3.05, 3.63) is 0 Å². The number of aliphatic hydroxyl groups excluding tert-OH is 9. The van der Waals surface area contributed by atoms with Gasteiger partial charge in [-0.25, -0.2) is 0 Å². The van der Waals surface area contributed by atoms with Crippen LogP contribution in [-0.4, -0.2) is 144 Å². The first-order chi connectivity index (χ1) is 20.1. The first-order valence-electron chi connectivity index (χ1n) is 15.2. The molecule has 0 aliphatic carbocycles. The molecule has 0 spiro atoms. The van der Waals surface area contributed by atoms with Crippen LogP contribution in [0.1, 0.15) is 60.3 Å². The summed E-state index contributed by atoms with van der Waals surface area (Å²) < 4.78 is 17.1. The second-order valence-electron chi connectivity index (χ2n) is 12.2. The quantitative estimate of drug-likeness (QED) is 0.0607. The molecule has 2 heterocycles. The molecule has 14 nitrogen and oxygen atoms in total. The zero-order chi connectivity index (χ0) is 32.8. The van der Waals surface area contributed by atoms with Gasteiger partial charge >= 0.3 is 0 Å². The number of ketones is 1. The van der Waals surface area contributed by atoms with Crippen LogP contribution in [0.4, 0.5) is 0 Å². The number of hydrogen-bond acceptors (Lipinski definition) is 14. The first kappa shape index (κ1) is 38.0. The lowest BCUT2D eigenvalue weighted by atomic mass is 9.77. The number of hydrogen-bond donors (Lipinski definition) is 9. The molecule has 14 heteroatoms. The number of aldehydes is 1. The highest BCUT2D eigenvalue weighted by atomic mass is 16.7. The number of Topliss-reactive ketones (excluding diaryl/α,β-unsaturated/α-hetero) is 1. The van der Waals surface area contributed by atoms with E-state index >= 15 is 0 Å². The number of aliphatic hydroxyl groups is 9. The van der Waals surface area contributed by atoms with Crippen molar-refractivity contribution in [1.29, 1.82) is 0 Å². The number of carbonyl (C=O) groups excluding carboxylic acids is 2. The van der Waals surface area contributed by atoms with Crippen LogP contribution in [0.25, 0.3) is 0 Å². The lowest BCUT2D eigenvalue weighted by molar-refractivity contribution is -0.309. The van der Waals surface area contributed by atoms with Crippen LogP contribution in [0.15, 0.2) is 0 Å². The van der Waals surface area contributed by atoms with Crippen LogP contribution in [0.2, 0.25) is 0 Å². The Morgan fingerprint density at radius 3 is 1.93 bits per heavy atom. The van der Waals surface area contributed by atoms with Gasteiger partial charge in [-0.05, 0) is 18.8 Å². The Bertz CT molecular complexity index is 861. The third kappa shape index (κ3) is 8.99. The fourth-order valence-electron chi connectivity index (χ4n) is 5.63. The van der Waals surface area contributed by atoms with Gasteiger partial charge in [-0.2, -0.15) is 0 Å².